The van der Waals surface area contributed by atoms with Crippen molar-refractivity contribution in [3.8, 4) is 0 Å². The van der Waals surface area contributed by atoms with Crippen LogP contribution in [-0.4, -0.2) is 49.0 Å². The molecule has 0 aromatic heterocycles. The monoisotopic (exact) mass is 572 g/mol. The zero-order chi connectivity index (χ0) is 22.4. The van der Waals surface area contributed by atoms with E-state index in [1.54, 1.807) is 6.07 Å². The highest BCUT2D eigenvalue weighted by Crippen LogP contribution is 2.37. The SMILES string of the molecule is CCNC(=NCc1ccc(N2CCC(O)CC2)c(F)c1)NC1CCCC(C(F)(F)F)C1.I. The van der Waals surface area contributed by atoms with Gasteiger partial charge in [0, 0.05) is 25.7 Å². The zero-order valence-electron chi connectivity index (χ0n) is 18.3. The number of benzene rings is 1. The van der Waals surface area contributed by atoms with E-state index in [1.807, 2.05) is 17.9 Å². The van der Waals surface area contributed by atoms with Crippen molar-refractivity contribution in [2.24, 2.45) is 10.9 Å². The Kier molecular flexibility index (Phi) is 10.3. The molecule has 1 saturated carbocycles. The lowest BCUT2D eigenvalue weighted by Gasteiger charge is -2.32. The highest BCUT2D eigenvalue weighted by Gasteiger charge is 2.42. The van der Waals surface area contributed by atoms with Gasteiger partial charge in [0.1, 0.15) is 5.82 Å². The Morgan fingerprint density at radius 1 is 1.19 bits per heavy atom. The van der Waals surface area contributed by atoms with Crippen molar-refractivity contribution in [3.05, 3.63) is 29.6 Å². The normalized spacial score (nSPS) is 22.9. The molecule has 2 unspecified atom stereocenters. The number of nitrogens with zero attached hydrogens (tertiary/aromatic N) is 2. The first kappa shape index (κ1) is 26.9. The van der Waals surface area contributed by atoms with Gasteiger partial charge in [0.2, 0.25) is 0 Å². The molecule has 0 spiro atoms. The van der Waals surface area contributed by atoms with Crippen molar-refractivity contribution >= 4 is 35.6 Å². The number of nitrogens with one attached hydrogen (secondary N) is 2. The van der Waals surface area contributed by atoms with Crippen molar-refractivity contribution < 1.29 is 22.7 Å². The quantitative estimate of drug-likeness (QED) is 0.209. The molecule has 10 heteroatoms. The van der Waals surface area contributed by atoms with E-state index in [2.05, 4.69) is 15.6 Å². The number of rotatable bonds is 5. The first-order valence-corrected chi connectivity index (χ1v) is 11.1. The average molecular weight is 572 g/mol. The molecule has 1 heterocycles. The minimum atomic E-state index is -4.17. The largest absolute Gasteiger partial charge is 0.393 e. The van der Waals surface area contributed by atoms with Crippen molar-refractivity contribution in [3.63, 3.8) is 0 Å². The van der Waals surface area contributed by atoms with E-state index < -0.39 is 12.1 Å². The molecule has 1 saturated heterocycles. The number of halogens is 5. The van der Waals surface area contributed by atoms with Crippen LogP contribution in [0.15, 0.2) is 23.2 Å². The number of piperidine rings is 1. The molecule has 1 aromatic carbocycles. The molecule has 5 nitrogen and oxygen atoms in total. The van der Waals surface area contributed by atoms with Gasteiger partial charge in [-0.05, 0) is 56.7 Å². The molecule has 182 valence electrons. The summed E-state index contributed by atoms with van der Waals surface area (Å²) < 4.78 is 53.8. The summed E-state index contributed by atoms with van der Waals surface area (Å²) in [5.74, 6) is -1.16. The predicted octanol–water partition coefficient (Wildman–Crippen LogP) is 4.58. The number of hydrogen-bond acceptors (Lipinski definition) is 3. The lowest BCUT2D eigenvalue weighted by atomic mass is 9.85. The molecule has 0 amide bonds. The Labute approximate surface area is 204 Å². The average Bonchev–Trinajstić information content (AvgIpc) is 2.73. The molecule has 1 aliphatic heterocycles. The van der Waals surface area contributed by atoms with Crippen LogP contribution in [0.3, 0.4) is 0 Å². The lowest BCUT2D eigenvalue weighted by molar-refractivity contribution is -0.183. The van der Waals surface area contributed by atoms with Gasteiger partial charge >= 0.3 is 6.18 Å². The fourth-order valence-electron chi connectivity index (χ4n) is 4.31. The van der Waals surface area contributed by atoms with Crippen molar-refractivity contribution in [2.75, 3.05) is 24.5 Å². The Balaban J connectivity index is 0.00000363. The summed E-state index contributed by atoms with van der Waals surface area (Å²) in [4.78, 5) is 6.39. The minimum absolute atomic E-state index is 0. The number of alkyl halides is 3. The predicted molar refractivity (Wildman–Crippen MR) is 129 cm³/mol. The molecule has 1 aromatic rings. The van der Waals surface area contributed by atoms with Crippen LogP contribution >= 0.6 is 24.0 Å². The Morgan fingerprint density at radius 2 is 1.91 bits per heavy atom. The number of anilines is 1. The van der Waals surface area contributed by atoms with Crippen LogP contribution < -0.4 is 15.5 Å². The van der Waals surface area contributed by atoms with Crippen LogP contribution in [0.25, 0.3) is 0 Å². The van der Waals surface area contributed by atoms with Gasteiger partial charge in [-0.2, -0.15) is 13.2 Å². The van der Waals surface area contributed by atoms with Crippen LogP contribution in [0.1, 0.15) is 51.0 Å². The second kappa shape index (κ2) is 12.2. The Morgan fingerprint density at radius 3 is 2.53 bits per heavy atom. The first-order valence-electron chi connectivity index (χ1n) is 11.1. The third-order valence-corrected chi connectivity index (χ3v) is 6.06. The molecule has 2 fully saturated rings. The fraction of sp³-hybridized carbons (Fsp3) is 0.682. The van der Waals surface area contributed by atoms with Crippen LogP contribution in [0, 0.1) is 11.7 Å². The molecule has 3 N–H and O–H groups in total. The van der Waals surface area contributed by atoms with Gasteiger partial charge in [-0.25, -0.2) is 9.38 Å². The van der Waals surface area contributed by atoms with Gasteiger partial charge in [-0.1, -0.05) is 12.5 Å². The van der Waals surface area contributed by atoms with E-state index in [-0.39, 0.29) is 61.3 Å². The third-order valence-electron chi connectivity index (χ3n) is 6.06. The van der Waals surface area contributed by atoms with E-state index in [1.165, 1.54) is 6.07 Å². The third kappa shape index (κ3) is 7.64. The zero-order valence-corrected chi connectivity index (χ0v) is 20.6. The van der Waals surface area contributed by atoms with Crippen molar-refractivity contribution in [2.45, 2.75) is 70.3 Å². The summed E-state index contributed by atoms with van der Waals surface area (Å²) in [6.07, 6.45) is -1.81. The molecule has 0 bridgehead atoms. The van der Waals surface area contributed by atoms with E-state index in [0.717, 1.165) is 0 Å². The molecule has 2 atom stereocenters. The van der Waals surface area contributed by atoms with Gasteiger partial charge in [0.05, 0.1) is 24.3 Å². The second-order valence-corrected chi connectivity index (χ2v) is 8.45. The molecule has 0 radical (unpaired) electrons. The van der Waals surface area contributed by atoms with Gasteiger partial charge < -0.3 is 20.6 Å². The topological polar surface area (TPSA) is 59.9 Å². The number of aliphatic hydroxyl groups excluding tert-OH is 1. The summed E-state index contributed by atoms with van der Waals surface area (Å²) in [6, 6.07) is 4.71. The second-order valence-electron chi connectivity index (χ2n) is 8.45. The fourth-order valence-corrected chi connectivity index (χ4v) is 4.31. The Hall–Kier alpha value is -1.30. The van der Waals surface area contributed by atoms with Gasteiger partial charge in [-0.15, -0.1) is 24.0 Å². The summed E-state index contributed by atoms with van der Waals surface area (Å²) in [5, 5.41) is 15.8. The van der Waals surface area contributed by atoms with E-state index in [9.17, 15) is 22.7 Å². The van der Waals surface area contributed by atoms with E-state index in [0.29, 0.717) is 62.5 Å². The summed E-state index contributed by atoms with van der Waals surface area (Å²) in [7, 11) is 0. The minimum Gasteiger partial charge on any atom is -0.393 e. The number of hydrogen-bond donors (Lipinski definition) is 3. The molecular formula is C22H33F4IN4O. The van der Waals surface area contributed by atoms with Crippen molar-refractivity contribution in [1.82, 2.24) is 10.6 Å². The highest BCUT2D eigenvalue weighted by atomic mass is 127. The van der Waals surface area contributed by atoms with Gasteiger partial charge in [0.15, 0.2) is 5.96 Å². The molecule has 32 heavy (non-hydrogen) atoms. The molecule has 1 aliphatic carbocycles. The smallest absolute Gasteiger partial charge is 0.391 e. The highest BCUT2D eigenvalue weighted by molar-refractivity contribution is 14.0. The summed E-state index contributed by atoms with van der Waals surface area (Å²) >= 11 is 0. The maximum absolute atomic E-state index is 14.6. The van der Waals surface area contributed by atoms with Crippen LogP contribution in [-0.2, 0) is 6.54 Å². The number of guanidine groups is 1. The van der Waals surface area contributed by atoms with Crippen LogP contribution in [0.5, 0.6) is 0 Å². The van der Waals surface area contributed by atoms with E-state index >= 15 is 0 Å². The van der Waals surface area contributed by atoms with Crippen molar-refractivity contribution in [1.29, 1.82) is 0 Å². The Bertz CT molecular complexity index is 754. The maximum Gasteiger partial charge on any atom is 0.391 e. The van der Waals surface area contributed by atoms with Crippen LogP contribution in [0.2, 0.25) is 0 Å². The molecular weight excluding hydrogens is 539 g/mol. The number of aliphatic imine (C=N–C) groups is 1. The number of aliphatic hydroxyl groups is 1. The molecule has 2 aliphatic rings. The first-order chi connectivity index (χ1) is 14.8. The maximum atomic E-state index is 14.6. The van der Waals surface area contributed by atoms with E-state index in [4.69, 9.17) is 0 Å². The van der Waals surface area contributed by atoms with Gasteiger partial charge in [-0.3, -0.25) is 0 Å². The van der Waals surface area contributed by atoms with Gasteiger partial charge in [0.25, 0.3) is 0 Å². The lowest BCUT2D eigenvalue weighted by Crippen LogP contribution is -2.46. The summed E-state index contributed by atoms with van der Waals surface area (Å²) in [6.45, 7) is 3.92. The van der Waals surface area contributed by atoms with Crippen LogP contribution in [0.4, 0.5) is 23.2 Å². The summed E-state index contributed by atoms with van der Waals surface area (Å²) in [5.41, 5.74) is 1.21. The molecule has 3 rings (SSSR count). The standard InChI is InChI=1S/C22H32F4N4O.HI/c1-2-27-21(29-17-5-3-4-16(13-17)22(24,25)26)28-14-15-6-7-20(19(23)12-15)30-10-8-18(31)9-11-30;/h6-7,12,16-18,31H,2-5,8-11,13-14H2,1H3,(H2,27,28,29);1H.